The molecule has 10 heteroatoms. The Morgan fingerprint density at radius 3 is 2.42 bits per heavy atom. The molecule has 0 aliphatic rings. The molecule has 0 heterocycles. The lowest BCUT2D eigenvalue weighted by Crippen LogP contribution is -2.14. The maximum absolute atomic E-state index is 12.2. The number of rotatable bonds is 5. The summed E-state index contributed by atoms with van der Waals surface area (Å²) in [6.45, 7) is 0. The molecule has 2 aromatic carbocycles. The zero-order chi connectivity index (χ0) is 19.3. The van der Waals surface area contributed by atoms with Crippen molar-refractivity contribution in [2.45, 2.75) is 4.90 Å². The van der Waals surface area contributed by atoms with Crippen LogP contribution in [0.5, 0.6) is 0 Å². The molecule has 0 atom stereocenters. The molecule has 1 amide bonds. The maximum atomic E-state index is 12.2. The quantitative estimate of drug-likeness (QED) is 0.352. The average molecular weight is 372 g/mol. The zero-order valence-electron chi connectivity index (χ0n) is 13.1. The Kier molecular flexibility index (Phi) is 5.46. The number of nitrogens with one attached hydrogen (secondary N) is 1. The molecule has 0 saturated carbocycles. The van der Waals surface area contributed by atoms with Gasteiger partial charge in [-0.3, -0.25) is 14.9 Å². The number of hydrogen-bond acceptors (Lipinski definition) is 6. The van der Waals surface area contributed by atoms with Gasteiger partial charge in [0.15, 0.2) is 0 Å². The molecular weight excluding hydrogens is 360 g/mol. The highest BCUT2D eigenvalue weighted by molar-refractivity contribution is 7.89. The summed E-state index contributed by atoms with van der Waals surface area (Å²) in [7, 11) is -3.85. The number of sulfonamides is 1. The van der Waals surface area contributed by atoms with Crippen LogP contribution in [0.25, 0.3) is 6.08 Å². The van der Waals surface area contributed by atoms with Crippen LogP contribution in [0.4, 0.5) is 11.4 Å². The number of hydrogen-bond donors (Lipinski definition) is 2. The van der Waals surface area contributed by atoms with E-state index in [9.17, 15) is 23.3 Å². The van der Waals surface area contributed by atoms with Crippen molar-refractivity contribution < 1.29 is 18.1 Å². The van der Waals surface area contributed by atoms with Crippen LogP contribution in [-0.4, -0.2) is 19.2 Å². The van der Waals surface area contributed by atoms with Gasteiger partial charge < -0.3 is 5.32 Å². The molecule has 9 nitrogen and oxygen atoms in total. The van der Waals surface area contributed by atoms with E-state index in [0.717, 1.165) is 0 Å². The number of nitro benzene ring substituents is 1. The van der Waals surface area contributed by atoms with Gasteiger partial charge in [0, 0.05) is 17.8 Å². The number of amides is 1. The number of non-ortho nitro benzene ring substituents is 1. The van der Waals surface area contributed by atoms with Crippen LogP contribution in [0.15, 0.2) is 59.0 Å². The molecular formula is C16H12N4O5S. The van der Waals surface area contributed by atoms with E-state index in [1.807, 2.05) is 0 Å². The number of nitrogens with two attached hydrogens (primary N) is 1. The predicted molar refractivity (Wildman–Crippen MR) is 93.1 cm³/mol. The summed E-state index contributed by atoms with van der Waals surface area (Å²) in [5.41, 5.74) is 0.120. The van der Waals surface area contributed by atoms with Crippen LogP contribution in [-0.2, 0) is 14.8 Å². The second-order valence-electron chi connectivity index (χ2n) is 5.05. The highest BCUT2D eigenvalue weighted by atomic mass is 32.2. The Balaban J connectivity index is 2.22. The fourth-order valence-corrected chi connectivity index (χ4v) is 2.49. The van der Waals surface area contributed by atoms with Gasteiger partial charge in [0.25, 0.3) is 11.6 Å². The Bertz CT molecular complexity index is 1040. The monoisotopic (exact) mass is 372 g/mol. The summed E-state index contributed by atoms with van der Waals surface area (Å²) < 4.78 is 22.4. The van der Waals surface area contributed by atoms with Crippen molar-refractivity contribution in [2.75, 3.05) is 5.32 Å². The normalized spacial score (nSPS) is 11.5. The smallest absolute Gasteiger partial charge is 0.270 e. The second kappa shape index (κ2) is 7.56. The Morgan fingerprint density at radius 1 is 1.23 bits per heavy atom. The van der Waals surface area contributed by atoms with E-state index < -0.39 is 20.9 Å². The lowest BCUT2D eigenvalue weighted by Gasteiger charge is -2.05. The molecule has 0 spiro atoms. The number of benzene rings is 2. The van der Waals surface area contributed by atoms with Crippen molar-refractivity contribution in [3.8, 4) is 6.07 Å². The number of carbonyl (C=O) groups is 1. The molecule has 0 radical (unpaired) electrons. The fraction of sp³-hybridized carbons (Fsp3) is 0. The van der Waals surface area contributed by atoms with Crippen molar-refractivity contribution in [1.82, 2.24) is 0 Å². The van der Waals surface area contributed by atoms with Crippen molar-refractivity contribution in [2.24, 2.45) is 5.14 Å². The third-order valence-electron chi connectivity index (χ3n) is 3.20. The van der Waals surface area contributed by atoms with Gasteiger partial charge in [-0.2, -0.15) is 5.26 Å². The number of nitrogens with zero attached hydrogens (tertiary/aromatic N) is 2. The molecule has 0 fully saturated rings. The Hall–Kier alpha value is -3.55. The Morgan fingerprint density at radius 2 is 1.88 bits per heavy atom. The van der Waals surface area contributed by atoms with Crippen LogP contribution in [0.1, 0.15) is 5.56 Å². The van der Waals surface area contributed by atoms with Crippen LogP contribution >= 0.6 is 0 Å². The van der Waals surface area contributed by atoms with Crippen molar-refractivity contribution in [1.29, 1.82) is 5.26 Å². The molecule has 3 N–H and O–H groups in total. The summed E-state index contributed by atoms with van der Waals surface area (Å²) in [5, 5.41) is 27.3. The highest BCUT2D eigenvalue weighted by Gasteiger charge is 2.12. The third kappa shape index (κ3) is 4.73. The molecule has 132 valence electrons. The number of primary sulfonamides is 1. The van der Waals surface area contributed by atoms with Gasteiger partial charge in [-0.25, -0.2) is 13.6 Å². The van der Waals surface area contributed by atoms with Gasteiger partial charge in [-0.1, -0.05) is 12.1 Å². The lowest BCUT2D eigenvalue weighted by molar-refractivity contribution is -0.384. The predicted octanol–water partition coefficient (Wildman–Crippen LogP) is 1.79. The van der Waals surface area contributed by atoms with Gasteiger partial charge in [0.05, 0.1) is 9.82 Å². The van der Waals surface area contributed by atoms with Gasteiger partial charge in [-0.15, -0.1) is 0 Å². The molecule has 0 aromatic heterocycles. The minimum Gasteiger partial charge on any atom is -0.321 e. The fourth-order valence-electron chi connectivity index (χ4n) is 1.97. The number of nitro groups is 1. The largest absolute Gasteiger partial charge is 0.321 e. The first kappa shape index (κ1) is 18.8. The van der Waals surface area contributed by atoms with Gasteiger partial charge in [0.2, 0.25) is 10.0 Å². The minimum atomic E-state index is -3.85. The third-order valence-corrected chi connectivity index (χ3v) is 4.13. The summed E-state index contributed by atoms with van der Waals surface area (Å²) in [4.78, 5) is 22.2. The lowest BCUT2D eigenvalue weighted by atomic mass is 10.1. The highest BCUT2D eigenvalue weighted by Crippen LogP contribution is 2.17. The van der Waals surface area contributed by atoms with E-state index in [2.05, 4.69) is 5.32 Å². The van der Waals surface area contributed by atoms with E-state index in [1.165, 1.54) is 54.6 Å². The summed E-state index contributed by atoms with van der Waals surface area (Å²) in [6, 6.07) is 12.2. The van der Waals surface area contributed by atoms with Crippen molar-refractivity contribution in [3.05, 3.63) is 69.8 Å². The van der Waals surface area contributed by atoms with E-state index in [1.54, 1.807) is 6.07 Å². The maximum Gasteiger partial charge on any atom is 0.270 e. The van der Waals surface area contributed by atoms with E-state index in [4.69, 9.17) is 10.4 Å². The molecule has 2 aromatic rings. The van der Waals surface area contributed by atoms with Crippen LogP contribution in [0.2, 0.25) is 0 Å². The van der Waals surface area contributed by atoms with Crippen molar-refractivity contribution in [3.63, 3.8) is 0 Å². The molecule has 0 unspecified atom stereocenters. The van der Waals surface area contributed by atoms with Crippen LogP contribution in [0.3, 0.4) is 0 Å². The topological polar surface area (TPSA) is 156 Å². The van der Waals surface area contributed by atoms with E-state index in [0.29, 0.717) is 5.56 Å². The number of nitriles is 1. The van der Waals surface area contributed by atoms with Gasteiger partial charge >= 0.3 is 0 Å². The molecule has 0 aliphatic heterocycles. The first-order valence-corrected chi connectivity index (χ1v) is 8.56. The SMILES string of the molecule is N#C/C(=C\c1cccc([N+](=O)[O-])c1)C(=O)Nc1ccc(S(N)(=O)=O)cc1. The molecule has 26 heavy (non-hydrogen) atoms. The molecule has 0 bridgehead atoms. The van der Waals surface area contributed by atoms with E-state index >= 15 is 0 Å². The molecule has 0 saturated heterocycles. The van der Waals surface area contributed by atoms with Crippen LogP contribution in [0, 0.1) is 21.4 Å². The zero-order valence-corrected chi connectivity index (χ0v) is 13.9. The number of carbonyl (C=O) groups excluding carboxylic acids is 1. The standard InChI is InChI=1S/C16H12N4O5S/c17-10-12(8-11-2-1-3-14(9-11)20(22)23)16(21)19-13-4-6-15(7-5-13)26(18,24)25/h1-9H,(H,19,21)(H2,18,24,25)/b12-8+. The molecule has 0 aliphatic carbocycles. The van der Waals surface area contributed by atoms with Gasteiger partial charge in [0.1, 0.15) is 11.6 Å². The summed E-state index contributed by atoms with van der Waals surface area (Å²) >= 11 is 0. The van der Waals surface area contributed by atoms with Crippen molar-refractivity contribution >= 4 is 33.4 Å². The summed E-state index contributed by atoms with van der Waals surface area (Å²) in [6.07, 6.45) is 1.21. The first-order chi connectivity index (χ1) is 12.2. The second-order valence-corrected chi connectivity index (χ2v) is 6.61. The first-order valence-electron chi connectivity index (χ1n) is 7.01. The number of anilines is 1. The molecule has 2 rings (SSSR count). The minimum absolute atomic E-state index is 0.122. The van der Waals surface area contributed by atoms with E-state index in [-0.39, 0.29) is 21.8 Å². The van der Waals surface area contributed by atoms with Gasteiger partial charge in [-0.05, 0) is 35.9 Å². The Labute approximate surface area is 148 Å². The summed E-state index contributed by atoms with van der Waals surface area (Å²) in [5.74, 6) is -0.748. The van der Waals surface area contributed by atoms with Crippen LogP contribution < -0.4 is 10.5 Å². The average Bonchev–Trinajstić information content (AvgIpc) is 2.59.